The number of aromatic nitrogens is 1. The van der Waals surface area contributed by atoms with Crippen LogP contribution in [0.1, 0.15) is 23.2 Å². The van der Waals surface area contributed by atoms with Gasteiger partial charge in [-0.25, -0.2) is 4.98 Å². The highest BCUT2D eigenvalue weighted by Gasteiger charge is 2.23. The van der Waals surface area contributed by atoms with Crippen molar-refractivity contribution in [2.45, 2.75) is 18.9 Å². The summed E-state index contributed by atoms with van der Waals surface area (Å²) in [6.45, 7) is 6.00. The molecule has 3 rings (SSSR count). The number of carbonyl (C=O) groups is 1. The van der Waals surface area contributed by atoms with Gasteiger partial charge in [-0.15, -0.1) is 0 Å². The standard InChI is InChI=1S/C16H24N4O2/c1-17-16(21)13-4-5-15(18-11-13)20-8-6-19(7-9-20)12-14-3-2-10-22-14/h4-5,11,14H,2-3,6-10,12H2,1H3,(H,17,21)/t14-/m0/s1. The van der Waals surface area contributed by atoms with Gasteiger partial charge in [0.1, 0.15) is 5.82 Å². The van der Waals surface area contributed by atoms with Gasteiger partial charge in [0, 0.05) is 52.6 Å². The van der Waals surface area contributed by atoms with Crippen LogP contribution >= 0.6 is 0 Å². The van der Waals surface area contributed by atoms with E-state index in [1.165, 1.54) is 12.8 Å². The van der Waals surface area contributed by atoms with E-state index in [-0.39, 0.29) is 5.91 Å². The summed E-state index contributed by atoms with van der Waals surface area (Å²) in [6, 6.07) is 3.76. The average Bonchev–Trinajstić information content (AvgIpc) is 3.08. The predicted molar refractivity (Wildman–Crippen MR) is 85.3 cm³/mol. The summed E-state index contributed by atoms with van der Waals surface area (Å²) in [4.78, 5) is 20.7. The fourth-order valence-electron chi connectivity index (χ4n) is 3.09. The average molecular weight is 304 g/mol. The maximum absolute atomic E-state index is 11.5. The molecule has 6 heteroatoms. The lowest BCUT2D eigenvalue weighted by Gasteiger charge is -2.36. The lowest BCUT2D eigenvalue weighted by Crippen LogP contribution is -2.48. The summed E-state index contributed by atoms with van der Waals surface area (Å²) in [6.07, 6.45) is 4.47. The molecule has 0 aliphatic carbocycles. The van der Waals surface area contributed by atoms with E-state index in [1.54, 1.807) is 13.2 Å². The van der Waals surface area contributed by atoms with E-state index in [4.69, 9.17) is 4.74 Å². The number of hydrogen-bond acceptors (Lipinski definition) is 5. The molecular weight excluding hydrogens is 280 g/mol. The Balaban J connectivity index is 1.51. The van der Waals surface area contributed by atoms with E-state index in [1.807, 2.05) is 12.1 Å². The molecule has 1 amide bonds. The lowest BCUT2D eigenvalue weighted by atomic mass is 10.2. The highest BCUT2D eigenvalue weighted by molar-refractivity contribution is 5.93. The van der Waals surface area contributed by atoms with Crippen LogP contribution < -0.4 is 10.2 Å². The molecule has 1 aromatic heterocycles. The maximum atomic E-state index is 11.5. The van der Waals surface area contributed by atoms with Crippen LogP contribution in [0.4, 0.5) is 5.82 Å². The molecule has 1 N–H and O–H groups in total. The zero-order valence-corrected chi connectivity index (χ0v) is 13.1. The monoisotopic (exact) mass is 304 g/mol. The van der Waals surface area contributed by atoms with E-state index in [9.17, 15) is 4.79 Å². The zero-order valence-electron chi connectivity index (χ0n) is 13.1. The fourth-order valence-corrected chi connectivity index (χ4v) is 3.09. The second kappa shape index (κ2) is 7.07. The fraction of sp³-hybridized carbons (Fsp3) is 0.625. The third kappa shape index (κ3) is 3.56. The van der Waals surface area contributed by atoms with Crippen molar-refractivity contribution < 1.29 is 9.53 Å². The van der Waals surface area contributed by atoms with Gasteiger partial charge in [-0.2, -0.15) is 0 Å². The SMILES string of the molecule is CNC(=O)c1ccc(N2CCN(C[C@@H]3CCCO3)CC2)nc1. The molecule has 120 valence electrons. The van der Waals surface area contributed by atoms with Crippen molar-refractivity contribution in [3.63, 3.8) is 0 Å². The summed E-state index contributed by atoms with van der Waals surface area (Å²) < 4.78 is 5.71. The van der Waals surface area contributed by atoms with Gasteiger partial charge >= 0.3 is 0 Å². The second-order valence-electron chi connectivity index (χ2n) is 5.91. The first kappa shape index (κ1) is 15.2. The Bertz CT molecular complexity index is 491. The van der Waals surface area contributed by atoms with Crippen LogP contribution in [0.15, 0.2) is 18.3 Å². The largest absolute Gasteiger partial charge is 0.377 e. The van der Waals surface area contributed by atoms with Gasteiger partial charge in [0.05, 0.1) is 11.7 Å². The van der Waals surface area contributed by atoms with Crippen LogP contribution in [-0.4, -0.2) is 68.3 Å². The molecule has 0 bridgehead atoms. The molecule has 2 aliphatic heterocycles. The van der Waals surface area contributed by atoms with E-state index in [0.29, 0.717) is 11.7 Å². The summed E-state index contributed by atoms with van der Waals surface area (Å²) in [7, 11) is 1.63. The van der Waals surface area contributed by atoms with Crippen molar-refractivity contribution in [3.8, 4) is 0 Å². The summed E-state index contributed by atoms with van der Waals surface area (Å²) in [5.74, 6) is 0.852. The lowest BCUT2D eigenvalue weighted by molar-refractivity contribution is 0.0712. The quantitative estimate of drug-likeness (QED) is 0.889. The third-order valence-corrected chi connectivity index (χ3v) is 4.42. The second-order valence-corrected chi connectivity index (χ2v) is 5.91. The van der Waals surface area contributed by atoms with Gasteiger partial charge in [0.2, 0.25) is 0 Å². The number of carbonyl (C=O) groups excluding carboxylic acids is 1. The molecule has 2 aliphatic rings. The maximum Gasteiger partial charge on any atom is 0.252 e. The third-order valence-electron chi connectivity index (χ3n) is 4.42. The smallest absolute Gasteiger partial charge is 0.252 e. The Hall–Kier alpha value is -1.66. The van der Waals surface area contributed by atoms with Gasteiger partial charge in [0.25, 0.3) is 5.91 Å². The molecule has 2 fully saturated rings. The zero-order chi connectivity index (χ0) is 15.4. The van der Waals surface area contributed by atoms with E-state index in [0.717, 1.165) is 45.1 Å². The van der Waals surface area contributed by atoms with Crippen molar-refractivity contribution in [2.75, 3.05) is 51.3 Å². The Kier molecular flexibility index (Phi) is 4.90. The summed E-state index contributed by atoms with van der Waals surface area (Å²) in [5, 5.41) is 2.61. The Morgan fingerprint density at radius 2 is 2.18 bits per heavy atom. The number of nitrogens with one attached hydrogen (secondary N) is 1. The van der Waals surface area contributed by atoms with Gasteiger partial charge in [-0.1, -0.05) is 0 Å². The van der Waals surface area contributed by atoms with Crippen molar-refractivity contribution >= 4 is 11.7 Å². The first-order chi connectivity index (χ1) is 10.8. The van der Waals surface area contributed by atoms with Crippen molar-refractivity contribution in [3.05, 3.63) is 23.9 Å². The highest BCUT2D eigenvalue weighted by Crippen LogP contribution is 2.17. The number of anilines is 1. The highest BCUT2D eigenvalue weighted by atomic mass is 16.5. The number of rotatable bonds is 4. The number of piperazine rings is 1. The molecule has 3 heterocycles. The Labute approximate surface area is 131 Å². The van der Waals surface area contributed by atoms with Crippen LogP contribution in [0.2, 0.25) is 0 Å². The van der Waals surface area contributed by atoms with Crippen molar-refractivity contribution in [1.82, 2.24) is 15.2 Å². The minimum absolute atomic E-state index is 0.0968. The molecule has 22 heavy (non-hydrogen) atoms. The van der Waals surface area contributed by atoms with E-state index >= 15 is 0 Å². The van der Waals surface area contributed by atoms with Gasteiger partial charge in [0.15, 0.2) is 0 Å². The predicted octanol–water partition coefficient (Wildman–Crippen LogP) is 0.742. The Morgan fingerprint density at radius 3 is 2.77 bits per heavy atom. The number of amides is 1. The first-order valence-electron chi connectivity index (χ1n) is 8.03. The van der Waals surface area contributed by atoms with Crippen molar-refractivity contribution in [1.29, 1.82) is 0 Å². The molecule has 0 saturated carbocycles. The van der Waals surface area contributed by atoms with Gasteiger partial charge < -0.3 is 15.0 Å². The number of nitrogens with zero attached hydrogens (tertiary/aromatic N) is 3. The van der Waals surface area contributed by atoms with E-state index in [2.05, 4.69) is 20.1 Å². The molecule has 1 atom stereocenters. The molecule has 6 nitrogen and oxygen atoms in total. The molecule has 0 radical (unpaired) electrons. The minimum Gasteiger partial charge on any atom is -0.377 e. The first-order valence-corrected chi connectivity index (χ1v) is 8.03. The molecule has 0 unspecified atom stereocenters. The van der Waals surface area contributed by atoms with Crippen LogP contribution in [0.5, 0.6) is 0 Å². The Morgan fingerprint density at radius 1 is 1.36 bits per heavy atom. The van der Waals surface area contributed by atoms with Gasteiger partial charge in [-0.05, 0) is 25.0 Å². The number of hydrogen-bond donors (Lipinski definition) is 1. The van der Waals surface area contributed by atoms with Gasteiger partial charge in [-0.3, -0.25) is 9.69 Å². The summed E-state index contributed by atoms with van der Waals surface area (Å²) >= 11 is 0. The molecule has 0 spiro atoms. The molecule has 1 aromatic rings. The molecular formula is C16H24N4O2. The van der Waals surface area contributed by atoms with Crippen LogP contribution in [0.3, 0.4) is 0 Å². The van der Waals surface area contributed by atoms with Crippen LogP contribution in [0, 0.1) is 0 Å². The topological polar surface area (TPSA) is 57.7 Å². The normalized spacial score (nSPS) is 22.8. The molecule has 0 aromatic carbocycles. The number of ether oxygens (including phenoxy) is 1. The van der Waals surface area contributed by atoms with E-state index < -0.39 is 0 Å². The van der Waals surface area contributed by atoms with Crippen molar-refractivity contribution in [2.24, 2.45) is 0 Å². The van der Waals surface area contributed by atoms with Crippen LogP contribution in [-0.2, 0) is 4.74 Å². The summed E-state index contributed by atoms with van der Waals surface area (Å²) in [5.41, 5.74) is 0.600. The molecule has 2 saturated heterocycles. The minimum atomic E-state index is -0.0968. The number of pyridine rings is 1. The van der Waals surface area contributed by atoms with Crippen LogP contribution in [0.25, 0.3) is 0 Å².